The quantitative estimate of drug-likeness (QED) is 0.367. The number of carbonyl (C=O) groups is 1. The summed E-state index contributed by atoms with van der Waals surface area (Å²) in [7, 11) is 1.57. The average Bonchev–Trinajstić information content (AvgIpc) is 3.60. The number of nitrogens with zero attached hydrogens (tertiary/aromatic N) is 3. The minimum atomic E-state index is -0.207. The molecule has 0 radical (unpaired) electrons. The molecule has 2 atom stereocenters. The minimum absolute atomic E-state index is 0.183. The molecule has 9 heteroatoms. The molecule has 8 nitrogen and oxygen atoms in total. The van der Waals surface area contributed by atoms with Gasteiger partial charge in [0.2, 0.25) is 5.91 Å². The number of carbonyl (C=O) groups excluding carboxylic acids is 1. The number of benzene rings is 1. The van der Waals surface area contributed by atoms with Crippen LogP contribution in [0.1, 0.15) is 36.2 Å². The predicted octanol–water partition coefficient (Wildman–Crippen LogP) is 4.67. The van der Waals surface area contributed by atoms with Gasteiger partial charge in [0.05, 0.1) is 37.3 Å². The van der Waals surface area contributed by atoms with Crippen molar-refractivity contribution in [3.05, 3.63) is 96.5 Å². The van der Waals surface area contributed by atoms with Crippen LogP contribution in [0.3, 0.4) is 0 Å². The van der Waals surface area contributed by atoms with Crippen molar-refractivity contribution in [3.63, 3.8) is 0 Å². The SMILES string of the molecule is COc1ccc(N2C(=S)N[C@H](c3ccccn3)[C@H]2c2cccn2Cc2ccco2)cc1NC(C)=O. The number of anilines is 2. The van der Waals surface area contributed by atoms with E-state index in [1.807, 2.05) is 60.8 Å². The molecule has 0 spiro atoms. The predicted molar refractivity (Wildman–Crippen MR) is 137 cm³/mol. The Labute approximate surface area is 208 Å². The molecule has 178 valence electrons. The maximum Gasteiger partial charge on any atom is 0.221 e. The third-order valence-corrected chi connectivity index (χ3v) is 6.26. The molecular formula is C26H25N5O3S. The van der Waals surface area contributed by atoms with Gasteiger partial charge in [-0.2, -0.15) is 0 Å². The van der Waals surface area contributed by atoms with Crippen LogP contribution in [0.25, 0.3) is 0 Å². The van der Waals surface area contributed by atoms with Crippen LogP contribution in [0.15, 0.2) is 83.7 Å². The van der Waals surface area contributed by atoms with Crippen molar-refractivity contribution in [2.24, 2.45) is 0 Å². The number of thiocarbonyl (C=S) groups is 1. The number of amides is 1. The summed E-state index contributed by atoms with van der Waals surface area (Å²) in [6.07, 6.45) is 5.49. The maximum absolute atomic E-state index is 11.8. The van der Waals surface area contributed by atoms with E-state index in [-0.39, 0.29) is 18.0 Å². The summed E-state index contributed by atoms with van der Waals surface area (Å²) < 4.78 is 13.2. The zero-order valence-corrected chi connectivity index (χ0v) is 20.2. The summed E-state index contributed by atoms with van der Waals surface area (Å²) in [5, 5.41) is 6.89. The Kier molecular flexibility index (Phi) is 6.24. The highest BCUT2D eigenvalue weighted by Crippen LogP contribution is 2.43. The van der Waals surface area contributed by atoms with E-state index in [0.717, 1.165) is 22.8 Å². The van der Waals surface area contributed by atoms with Gasteiger partial charge >= 0.3 is 0 Å². The van der Waals surface area contributed by atoms with E-state index in [2.05, 4.69) is 31.2 Å². The van der Waals surface area contributed by atoms with E-state index in [9.17, 15) is 4.79 Å². The van der Waals surface area contributed by atoms with Crippen molar-refractivity contribution >= 4 is 34.6 Å². The highest BCUT2D eigenvalue weighted by atomic mass is 32.1. The second-order valence-corrected chi connectivity index (χ2v) is 8.59. The van der Waals surface area contributed by atoms with Gasteiger partial charge in [-0.25, -0.2) is 0 Å². The van der Waals surface area contributed by atoms with Gasteiger partial charge in [0.1, 0.15) is 17.6 Å². The van der Waals surface area contributed by atoms with Crippen molar-refractivity contribution in [2.75, 3.05) is 17.3 Å². The fourth-order valence-electron chi connectivity index (χ4n) is 4.48. The first-order chi connectivity index (χ1) is 17.0. The van der Waals surface area contributed by atoms with Gasteiger partial charge in [0.15, 0.2) is 5.11 Å². The number of ether oxygens (including phenoxy) is 1. The molecule has 2 N–H and O–H groups in total. The van der Waals surface area contributed by atoms with Crippen LogP contribution < -0.4 is 20.3 Å². The van der Waals surface area contributed by atoms with Crippen LogP contribution >= 0.6 is 12.2 Å². The highest BCUT2D eigenvalue weighted by Gasteiger charge is 2.42. The van der Waals surface area contributed by atoms with E-state index < -0.39 is 0 Å². The first-order valence-electron chi connectivity index (χ1n) is 11.2. The van der Waals surface area contributed by atoms with E-state index in [1.54, 1.807) is 19.6 Å². The maximum atomic E-state index is 11.8. The zero-order valence-electron chi connectivity index (χ0n) is 19.3. The summed E-state index contributed by atoms with van der Waals surface area (Å²) in [5.74, 6) is 1.24. The van der Waals surface area contributed by atoms with Gasteiger partial charge in [-0.3, -0.25) is 9.78 Å². The van der Waals surface area contributed by atoms with Gasteiger partial charge in [-0.15, -0.1) is 0 Å². The smallest absolute Gasteiger partial charge is 0.221 e. The van der Waals surface area contributed by atoms with Crippen molar-refractivity contribution in [1.82, 2.24) is 14.9 Å². The standard InChI is InChI=1S/C26H25N5O3S/c1-17(32)28-21-15-18(10-11-23(21)33-2)31-25(24(29-26(31)35)20-8-3-4-12-27-20)22-9-5-13-30(22)16-19-7-6-14-34-19/h3-15,24-25H,16H2,1-2H3,(H,28,32)(H,29,35)/t24-,25-/m1/s1. The lowest BCUT2D eigenvalue weighted by Gasteiger charge is -2.29. The average molecular weight is 488 g/mol. The topological polar surface area (TPSA) is 84.6 Å². The second-order valence-electron chi connectivity index (χ2n) is 8.20. The molecule has 5 rings (SSSR count). The highest BCUT2D eigenvalue weighted by molar-refractivity contribution is 7.80. The number of hydrogen-bond acceptors (Lipinski definition) is 5. The molecule has 0 bridgehead atoms. The normalized spacial score (nSPS) is 17.3. The number of furan rings is 1. The van der Waals surface area contributed by atoms with Crippen molar-refractivity contribution in [2.45, 2.75) is 25.6 Å². The van der Waals surface area contributed by atoms with Gasteiger partial charge in [0, 0.05) is 30.7 Å². The number of aromatic nitrogens is 2. The van der Waals surface area contributed by atoms with Gasteiger partial charge < -0.3 is 29.3 Å². The largest absolute Gasteiger partial charge is 0.495 e. The lowest BCUT2D eigenvalue weighted by atomic mass is 10.0. The molecule has 0 unspecified atom stereocenters. The Bertz CT molecular complexity index is 1340. The van der Waals surface area contributed by atoms with Crippen LogP contribution in [0.5, 0.6) is 5.75 Å². The molecule has 3 aromatic heterocycles. The lowest BCUT2D eigenvalue weighted by molar-refractivity contribution is -0.114. The number of methoxy groups -OCH3 is 1. The van der Waals surface area contributed by atoms with Gasteiger partial charge in [-0.05, 0) is 66.8 Å². The summed E-state index contributed by atoms with van der Waals surface area (Å²) in [6, 6.07) is 19.0. The molecule has 1 amide bonds. The van der Waals surface area contributed by atoms with Gasteiger partial charge in [-0.1, -0.05) is 6.07 Å². The Hall–Kier alpha value is -4.11. The van der Waals surface area contributed by atoms with Crippen molar-refractivity contribution in [3.8, 4) is 5.75 Å². The molecule has 0 aliphatic carbocycles. The van der Waals surface area contributed by atoms with Gasteiger partial charge in [0.25, 0.3) is 0 Å². The summed E-state index contributed by atoms with van der Waals surface area (Å²) in [4.78, 5) is 18.5. The summed E-state index contributed by atoms with van der Waals surface area (Å²) >= 11 is 5.84. The summed E-state index contributed by atoms with van der Waals surface area (Å²) in [6.45, 7) is 2.05. The van der Waals surface area contributed by atoms with Crippen LogP contribution in [0.2, 0.25) is 0 Å². The third-order valence-electron chi connectivity index (χ3n) is 5.94. The van der Waals surface area contributed by atoms with E-state index >= 15 is 0 Å². The fourth-order valence-corrected chi connectivity index (χ4v) is 4.82. The Morgan fingerprint density at radius 1 is 1.20 bits per heavy atom. The van der Waals surface area contributed by atoms with Crippen LogP contribution in [-0.2, 0) is 11.3 Å². The summed E-state index contributed by atoms with van der Waals surface area (Å²) in [5.41, 5.74) is 3.32. The number of nitrogens with one attached hydrogen (secondary N) is 2. The number of rotatable bonds is 7. The Balaban J connectivity index is 1.61. The minimum Gasteiger partial charge on any atom is -0.495 e. The molecule has 0 saturated carbocycles. The lowest BCUT2D eigenvalue weighted by Crippen LogP contribution is -2.30. The van der Waals surface area contributed by atoms with Crippen molar-refractivity contribution in [1.29, 1.82) is 0 Å². The molecular weight excluding hydrogens is 462 g/mol. The molecule has 1 aliphatic heterocycles. The first-order valence-corrected chi connectivity index (χ1v) is 11.6. The molecule has 35 heavy (non-hydrogen) atoms. The molecule has 1 aliphatic rings. The van der Waals surface area contributed by atoms with Crippen LogP contribution in [-0.4, -0.2) is 27.7 Å². The third kappa shape index (κ3) is 4.50. The second kappa shape index (κ2) is 9.63. The van der Waals surface area contributed by atoms with E-state index in [1.165, 1.54) is 6.92 Å². The molecule has 1 aromatic carbocycles. The molecule has 1 fully saturated rings. The van der Waals surface area contributed by atoms with Crippen LogP contribution in [0, 0.1) is 0 Å². The molecule has 1 saturated heterocycles. The Morgan fingerprint density at radius 3 is 2.80 bits per heavy atom. The van der Waals surface area contributed by atoms with E-state index in [4.69, 9.17) is 21.4 Å². The zero-order chi connectivity index (χ0) is 24.4. The Morgan fingerprint density at radius 2 is 2.09 bits per heavy atom. The van der Waals surface area contributed by atoms with E-state index in [0.29, 0.717) is 23.1 Å². The molecule has 4 aromatic rings. The van der Waals surface area contributed by atoms with Crippen molar-refractivity contribution < 1.29 is 13.9 Å². The number of pyridine rings is 1. The molecule has 4 heterocycles. The number of hydrogen-bond donors (Lipinski definition) is 2. The van der Waals surface area contributed by atoms with Crippen LogP contribution in [0.4, 0.5) is 11.4 Å². The first kappa shape index (κ1) is 22.7. The monoisotopic (exact) mass is 487 g/mol. The fraction of sp³-hybridized carbons (Fsp3) is 0.192.